The molecule has 0 spiro atoms. The number of nitrogens with zero attached hydrogens (tertiary/aromatic N) is 1. The summed E-state index contributed by atoms with van der Waals surface area (Å²) < 4.78 is 10.7. The Kier molecular flexibility index (Phi) is 4.44. The molecule has 0 saturated carbocycles. The predicted molar refractivity (Wildman–Crippen MR) is 69.1 cm³/mol. The van der Waals surface area contributed by atoms with E-state index in [1.165, 1.54) is 0 Å². The van der Waals surface area contributed by atoms with Gasteiger partial charge in [0.05, 0.1) is 13.2 Å². The van der Waals surface area contributed by atoms with Crippen molar-refractivity contribution in [2.24, 2.45) is 0 Å². The zero-order valence-electron chi connectivity index (χ0n) is 10.3. The number of halogens is 1. The van der Waals surface area contributed by atoms with Crippen LogP contribution >= 0.6 is 11.6 Å². The molecule has 0 radical (unpaired) electrons. The smallest absolute Gasteiger partial charge is 0.260 e. The number of aryl methyl sites for hydroxylation is 1. The monoisotopic (exact) mass is 269 g/mol. The molecule has 1 heterocycles. The molecule has 1 aromatic rings. The Morgan fingerprint density at radius 1 is 1.44 bits per heavy atom. The van der Waals surface area contributed by atoms with Crippen molar-refractivity contribution in [2.45, 2.75) is 6.92 Å². The van der Waals surface area contributed by atoms with Crippen LogP contribution in [0.4, 0.5) is 0 Å². The number of benzene rings is 1. The number of ether oxygens (including phenoxy) is 2. The summed E-state index contributed by atoms with van der Waals surface area (Å²) in [5.74, 6) is 0.689. The lowest BCUT2D eigenvalue weighted by atomic mass is 10.2. The second-order valence-corrected chi connectivity index (χ2v) is 4.63. The Balaban J connectivity index is 1.88. The molecule has 18 heavy (non-hydrogen) atoms. The SMILES string of the molecule is Cc1cc(Cl)ccc1OCC(=O)N1CCOCC1. The molecule has 1 fully saturated rings. The molecular weight excluding hydrogens is 254 g/mol. The van der Waals surface area contributed by atoms with Gasteiger partial charge < -0.3 is 14.4 Å². The summed E-state index contributed by atoms with van der Waals surface area (Å²) in [6.45, 7) is 4.45. The van der Waals surface area contributed by atoms with Gasteiger partial charge in [0.25, 0.3) is 5.91 Å². The van der Waals surface area contributed by atoms with Crippen molar-refractivity contribution in [3.05, 3.63) is 28.8 Å². The summed E-state index contributed by atoms with van der Waals surface area (Å²) in [6, 6.07) is 5.35. The van der Waals surface area contributed by atoms with Crippen LogP contribution in [0.3, 0.4) is 0 Å². The maximum atomic E-state index is 11.9. The van der Waals surface area contributed by atoms with E-state index in [2.05, 4.69) is 0 Å². The third-order valence-electron chi connectivity index (χ3n) is 2.85. The fourth-order valence-corrected chi connectivity index (χ4v) is 2.04. The van der Waals surface area contributed by atoms with Crippen LogP contribution in [0, 0.1) is 6.92 Å². The second kappa shape index (κ2) is 6.07. The van der Waals surface area contributed by atoms with Gasteiger partial charge in [-0.1, -0.05) is 11.6 Å². The number of hydrogen-bond acceptors (Lipinski definition) is 3. The standard InChI is InChI=1S/C13H16ClNO3/c1-10-8-11(14)2-3-12(10)18-9-13(16)15-4-6-17-7-5-15/h2-3,8H,4-7,9H2,1H3. The summed E-state index contributed by atoms with van der Waals surface area (Å²) in [5.41, 5.74) is 0.928. The Labute approximate surface area is 111 Å². The van der Waals surface area contributed by atoms with Crippen molar-refractivity contribution in [3.63, 3.8) is 0 Å². The molecule has 0 bridgehead atoms. The van der Waals surface area contributed by atoms with Gasteiger partial charge in [-0.15, -0.1) is 0 Å². The number of morpholine rings is 1. The molecule has 0 unspecified atom stereocenters. The first-order valence-electron chi connectivity index (χ1n) is 5.91. The molecule has 0 aliphatic carbocycles. The van der Waals surface area contributed by atoms with E-state index in [1.807, 2.05) is 13.0 Å². The second-order valence-electron chi connectivity index (χ2n) is 4.19. The molecule has 5 heteroatoms. The van der Waals surface area contributed by atoms with Crippen molar-refractivity contribution < 1.29 is 14.3 Å². The van der Waals surface area contributed by atoms with E-state index in [0.717, 1.165) is 5.56 Å². The third kappa shape index (κ3) is 3.37. The lowest BCUT2D eigenvalue weighted by molar-refractivity contribution is -0.137. The van der Waals surface area contributed by atoms with Crippen molar-refractivity contribution in [1.82, 2.24) is 4.90 Å². The van der Waals surface area contributed by atoms with Gasteiger partial charge in [0.15, 0.2) is 6.61 Å². The summed E-state index contributed by atoms with van der Waals surface area (Å²) in [5, 5.41) is 0.666. The van der Waals surface area contributed by atoms with Crippen molar-refractivity contribution >= 4 is 17.5 Å². The van der Waals surface area contributed by atoms with E-state index in [1.54, 1.807) is 17.0 Å². The van der Waals surface area contributed by atoms with Crippen molar-refractivity contribution in [3.8, 4) is 5.75 Å². The summed E-state index contributed by atoms with van der Waals surface area (Å²) >= 11 is 5.86. The highest BCUT2D eigenvalue weighted by Crippen LogP contribution is 2.21. The van der Waals surface area contributed by atoms with Crippen molar-refractivity contribution in [2.75, 3.05) is 32.9 Å². The van der Waals surface area contributed by atoms with E-state index in [0.29, 0.717) is 37.1 Å². The Morgan fingerprint density at radius 3 is 2.83 bits per heavy atom. The minimum atomic E-state index is -0.00681. The maximum Gasteiger partial charge on any atom is 0.260 e. The summed E-state index contributed by atoms with van der Waals surface area (Å²) in [7, 11) is 0. The predicted octanol–water partition coefficient (Wildman–Crippen LogP) is 1.89. The van der Waals surface area contributed by atoms with Gasteiger partial charge in [-0.05, 0) is 30.7 Å². The molecule has 4 nitrogen and oxygen atoms in total. The van der Waals surface area contributed by atoms with Crippen LogP contribution in [0.2, 0.25) is 5.02 Å². The van der Waals surface area contributed by atoms with Gasteiger partial charge >= 0.3 is 0 Å². The highest BCUT2D eigenvalue weighted by Gasteiger charge is 2.17. The van der Waals surface area contributed by atoms with E-state index in [-0.39, 0.29) is 12.5 Å². The van der Waals surface area contributed by atoms with Crippen LogP contribution in [-0.2, 0) is 9.53 Å². The molecule has 98 valence electrons. The molecule has 1 amide bonds. The highest BCUT2D eigenvalue weighted by atomic mass is 35.5. The minimum absolute atomic E-state index is 0.00681. The Hall–Kier alpha value is -1.26. The number of hydrogen-bond donors (Lipinski definition) is 0. The zero-order valence-corrected chi connectivity index (χ0v) is 11.1. The molecule has 1 aliphatic heterocycles. The topological polar surface area (TPSA) is 38.8 Å². The first-order valence-corrected chi connectivity index (χ1v) is 6.29. The molecule has 0 N–H and O–H groups in total. The fraction of sp³-hybridized carbons (Fsp3) is 0.462. The lowest BCUT2D eigenvalue weighted by Crippen LogP contribution is -2.43. The van der Waals surface area contributed by atoms with Crippen LogP contribution in [0.1, 0.15) is 5.56 Å². The van der Waals surface area contributed by atoms with Crippen LogP contribution < -0.4 is 4.74 Å². The van der Waals surface area contributed by atoms with E-state index in [9.17, 15) is 4.79 Å². The quantitative estimate of drug-likeness (QED) is 0.841. The average Bonchev–Trinajstić information content (AvgIpc) is 2.38. The van der Waals surface area contributed by atoms with E-state index < -0.39 is 0 Å². The number of carbonyl (C=O) groups is 1. The highest BCUT2D eigenvalue weighted by molar-refractivity contribution is 6.30. The van der Waals surface area contributed by atoms with Gasteiger partial charge in [0.2, 0.25) is 0 Å². The van der Waals surface area contributed by atoms with Crippen LogP contribution in [-0.4, -0.2) is 43.7 Å². The largest absolute Gasteiger partial charge is 0.483 e. The maximum absolute atomic E-state index is 11.9. The Morgan fingerprint density at radius 2 is 2.17 bits per heavy atom. The summed E-state index contributed by atoms with van der Waals surface area (Å²) in [6.07, 6.45) is 0. The van der Waals surface area contributed by atoms with Crippen LogP contribution in [0.25, 0.3) is 0 Å². The molecule has 2 rings (SSSR count). The number of amides is 1. The van der Waals surface area contributed by atoms with Crippen LogP contribution in [0.5, 0.6) is 5.75 Å². The molecular formula is C13H16ClNO3. The first-order chi connectivity index (χ1) is 8.66. The average molecular weight is 270 g/mol. The number of carbonyl (C=O) groups excluding carboxylic acids is 1. The van der Waals surface area contributed by atoms with Crippen molar-refractivity contribution in [1.29, 1.82) is 0 Å². The van der Waals surface area contributed by atoms with Gasteiger partial charge in [-0.25, -0.2) is 0 Å². The first kappa shape index (κ1) is 13.2. The normalized spacial score (nSPS) is 15.6. The molecule has 0 aromatic heterocycles. The molecule has 0 atom stereocenters. The van der Waals surface area contributed by atoms with Gasteiger partial charge in [0.1, 0.15) is 5.75 Å². The minimum Gasteiger partial charge on any atom is -0.483 e. The molecule has 1 aliphatic rings. The molecule has 1 aromatic carbocycles. The van der Waals surface area contributed by atoms with Gasteiger partial charge in [0, 0.05) is 18.1 Å². The lowest BCUT2D eigenvalue weighted by Gasteiger charge is -2.26. The van der Waals surface area contributed by atoms with Crippen LogP contribution in [0.15, 0.2) is 18.2 Å². The third-order valence-corrected chi connectivity index (χ3v) is 3.09. The van der Waals surface area contributed by atoms with Gasteiger partial charge in [-0.2, -0.15) is 0 Å². The fourth-order valence-electron chi connectivity index (χ4n) is 1.82. The number of rotatable bonds is 3. The van der Waals surface area contributed by atoms with E-state index in [4.69, 9.17) is 21.1 Å². The Bertz CT molecular complexity index is 430. The van der Waals surface area contributed by atoms with Gasteiger partial charge in [-0.3, -0.25) is 4.79 Å². The molecule has 1 saturated heterocycles. The summed E-state index contributed by atoms with van der Waals surface area (Å²) in [4.78, 5) is 13.6. The zero-order chi connectivity index (χ0) is 13.0. The van der Waals surface area contributed by atoms with E-state index >= 15 is 0 Å².